The maximum absolute atomic E-state index is 13.0. The minimum Gasteiger partial charge on any atom is -0.342 e. The van der Waals surface area contributed by atoms with E-state index in [0.717, 1.165) is 32.1 Å². The molecule has 6 heteroatoms. The van der Waals surface area contributed by atoms with Crippen LogP contribution in [0.3, 0.4) is 0 Å². The first-order valence-electron chi connectivity index (χ1n) is 10.4. The summed E-state index contributed by atoms with van der Waals surface area (Å²) in [6, 6.07) is 0. The quantitative estimate of drug-likeness (QED) is 0.782. The lowest BCUT2D eigenvalue weighted by molar-refractivity contribution is -0.135. The number of nitrogens with one attached hydrogen (secondary N) is 1. The van der Waals surface area contributed by atoms with E-state index in [1.165, 1.54) is 64.6 Å². The highest BCUT2D eigenvalue weighted by Gasteiger charge is 2.58. The van der Waals surface area contributed by atoms with Crippen LogP contribution in [0.4, 0.5) is 0 Å². The normalized spacial score (nSPS) is 31.8. The molecule has 1 saturated carbocycles. The molecule has 1 N–H and O–H groups in total. The van der Waals surface area contributed by atoms with Gasteiger partial charge >= 0.3 is 0 Å². The molecule has 1 aliphatic carbocycles. The van der Waals surface area contributed by atoms with Gasteiger partial charge in [-0.3, -0.25) is 4.79 Å². The average molecular weight is 406 g/mol. The van der Waals surface area contributed by atoms with Crippen molar-refractivity contribution in [3.63, 3.8) is 0 Å². The second kappa shape index (κ2) is 9.45. The average Bonchev–Trinajstić information content (AvgIpc) is 3.30. The largest absolute Gasteiger partial charge is 0.342 e. The molecule has 0 aromatic heterocycles. The lowest BCUT2D eigenvalue weighted by atomic mass is 9.90. The highest BCUT2D eigenvalue weighted by Crippen LogP contribution is 2.59. The molecule has 1 amide bonds. The van der Waals surface area contributed by atoms with Gasteiger partial charge in [-0.15, -0.1) is 24.8 Å². The number of likely N-dealkylation sites (tertiary alicyclic amines) is 2. The van der Waals surface area contributed by atoms with Gasteiger partial charge in [0.15, 0.2) is 0 Å². The Kier molecular flexibility index (Phi) is 8.09. The van der Waals surface area contributed by atoms with Crippen molar-refractivity contribution in [2.75, 3.05) is 45.8 Å². The van der Waals surface area contributed by atoms with Gasteiger partial charge in [-0.1, -0.05) is 6.92 Å². The number of piperidine rings is 3. The summed E-state index contributed by atoms with van der Waals surface area (Å²) in [5.74, 6) is 2.46. The van der Waals surface area contributed by atoms with Crippen LogP contribution in [-0.4, -0.2) is 61.5 Å². The van der Waals surface area contributed by atoms with Crippen LogP contribution in [0.1, 0.15) is 51.9 Å². The fourth-order valence-electron chi connectivity index (χ4n) is 5.42. The van der Waals surface area contributed by atoms with Crippen LogP contribution in [0.15, 0.2) is 0 Å². The Balaban J connectivity index is 0.00000121. The monoisotopic (exact) mass is 405 g/mol. The first-order valence-corrected chi connectivity index (χ1v) is 10.4. The summed E-state index contributed by atoms with van der Waals surface area (Å²) < 4.78 is 0. The third-order valence-corrected chi connectivity index (χ3v) is 7.31. The molecule has 3 heterocycles. The zero-order chi connectivity index (χ0) is 16.6. The third kappa shape index (κ3) is 4.87. The van der Waals surface area contributed by atoms with Crippen molar-refractivity contribution >= 4 is 30.7 Å². The van der Waals surface area contributed by atoms with Gasteiger partial charge in [0.2, 0.25) is 5.91 Å². The number of hydrogen-bond donors (Lipinski definition) is 1. The highest BCUT2D eigenvalue weighted by molar-refractivity contribution is 5.85. The summed E-state index contributed by atoms with van der Waals surface area (Å²) in [5.41, 5.74) is 0.387. The summed E-state index contributed by atoms with van der Waals surface area (Å²) in [6.45, 7) is 10.4. The number of rotatable bonds is 3. The molecule has 0 radical (unpaired) electrons. The van der Waals surface area contributed by atoms with E-state index in [9.17, 15) is 4.79 Å². The van der Waals surface area contributed by atoms with Crippen molar-refractivity contribution in [2.45, 2.75) is 51.9 Å². The predicted molar refractivity (Wildman–Crippen MR) is 111 cm³/mol. The molecule has 2 atom stereocenters. The number of nitrogens with zero attached hydrogens (tertiary/aromatic N) is 2. The van der Waals surface area contributed by atoms with Gasteiger partial charge in [-0.05, 0) is 88.4 Å². The molecule has 4 rings (SSSR count). The molecule has 2 unspecified atom stereocenters. The summed E-state index contributed by atoms with van der Waals surface area (Å²) in [4.78, 5) is 17.9. The van der Waals surface area contributed by atoms with Crippen LogP contribution >= 0.6 is 24.8 Å². The van der Waals surface area contributed by atoms with Crippen molar-refractivity contribution < 1.29 is 4.79 Å². The Hall–Kier alpha value is -0.0300. The summed E-state index contributed by atoms with van der Waals surface area (Å²) in [7, 11) is 0. The van der Waals surface area contributed by atoms with Crippen LogP contribution in [0.25, 0.3) is 0 Å². The number of amides is 1. The van der Waals surface area contributed by atoms with E-state index in [4.69, 9.17) is 0 Å². The third-order valence-electron chi connectivity index (χ3n) is 7.31. The SMILES string of the molecule is CC1CCN(CC2CCCN(C(=O)C3CC34CCNCC4)C2)CC1.Cl.Cl. The Bertz CT molecular complexity index is 462. The molecule has 26 heavy (non-hydrogen) atoms. The van der Waals surface area contributed by atoms with Crippen LogP contribution in [0, 0.1) is 23.2 Å². The van der Waals surface area contributed by atoms with Gasteiger partial charge in [0, 0.05) is 25.6 Å². The first-order chi connectivity index (χ1) is 11.7. The Morgan fingerprint density at radius 1 is 1.08 bits per heavy atom. The Morgan fingerprint density at radius 2 is 1.77 bits per heavy atom. The van der Waals surface area contributed by atoms with Crippen molar-refractivity contribution in [2.24, 2.45) is 23.2 Å². The van der Waals surface area contributed by atoms with Gasteiger partial charge in [0.1, 0.15) is 0 Å². The van der Waals surface area contributed by atoms with Gasteiger partial charge < -0.3 is 15.1 Å². The van der Waals surface area contributed by atoms with Crippen molar-refractivity contribution in [1.82, 2.24) is 15.1 Å². The van der Waals surface area contributed by atoms with E-state index in [-0.39, 0.29) is 24.8 Å². The zero-order valence-electron chi connectivity index (χ0n) is 16.3. The van der Waals surface area contributed by atoms with E-state index in [0.29, 0.717) is 23.2 Å². The molecular formula is C20H37Cl2N3O. The zero-order valence-corrected chi connectivity index (χ0v) is 17.9. The van der Waals surface area contributed by atoms with Gasteiger partial charge in [-0.2, -0.15) is 0 Å². The van der Waals surface area contributed by atoms with Gasteiger partial charge in [0.25, 0.3) is 0 Å². The minimum atomic E-state index is 0. The Morgan fingerprint density at radius 3 is 2.46 bits per heavy atom. The molecule has 3 aliphatic heterocycles. The smallest absolute Gasteiger partial charge is 0.226 e. The number of carbonyl (C=O) groups excluding carboxylic acids is 1. The first kappa shape index (κ1) is 22.3. The highest BCUT2D eigenvalue weighted by atomic mass is 35.5. The van der Waals surface area contributed by atoms with Crippen molar-refractivity contribution in [3.05, 3.63) is 0 Å². The number of halogens is 2. The molecular weight excluding hydrogens is 369 g/mol. The summed E-state index contributed by atoms with van der Waals surface area (Å²) in [6.07, 6.45) is 8.83. The molecule has 0 aromatic carbocycles. The number of carbonyl (C=O) groups is 1. The molecule has 4 aliphatic rings. The molecule has 0 aromatic rings. The van der Waals surface area contributed by atoms with E-state index in [1.807, 2.05) is 0 Å². The molecule has 0 bridgehead atoms. The van der Waals surface area contributed by atoms with Crippen LogP contribution in [0.5, 0.6) is 0 Å². The van der Waals surface area contributed by atoms with E-state index >= 15 is 0 Å². The lowest BCUT2D eigenvalue weighted by Crippen LogP contribution is -2.46. The minimum absolute atomic E-state index is 0. The van der Waals surface area contributed by atoms with E-state index in [1.54, 1.807) is 0 Å². The maximum Gasteiger partial charge on any atom is 0.226 e. The topological polar surface area (TPSA) is 35.6 Å². The van der Waals surface area contributed by atoms with Crippen molar-refractivity contribution in [1.29, 1.82) is 0 Å². The maximum atomic E-state index is 13.0. The lowest BCUT2D eigenvalue weighted by Gasteiger charge is -2.38. The second-order valence-corrected chi connectivity index (χ2v) is 9.14. The van der Waals surface area contributed by atoms with Crippen LogP contribution < -0.4 is 5.32 Å². The summed E-state index contributed by atoms with van der Waals surface area (Å²) >= 11 is 0. The fraction of sp³-hybridized carbons (Fsp3) is 0.950. The Labute approximate surface area is 171 Å². The summed E-state index contributed by atoms with van der Waals surface area (Å²) in [5, 5.41) is 3.44. The van der Waals surface area contributed by atoms with E-state index < -0.39 is 0 Å². The molecule has 4 nitrogen and oxygen atoms in total. The van der Waals surface area contributed by atoms with Crippen LogP contribution in [0.2, 0.25) is 0 Å². The standard InChI is InChI=1S/C20H35N3O.2ClH/c1-16-4-11-22(12-5-16)14-17-3-2-10-23(15-17)19(24)18-13-20(18)6-8-21-9-7-20;;/h16-18,21H,2-15H2,1H3;2*1H. The van der Waals surface area contributed by atoms with Gasteiger partial charge in [-0.25, -0.2) is 0 Å². The van der Waals surface area contributed by atoms with E-state index in [2.05, 4.69) is 22.0 Å². The van der Waals surface area contributed by atoms with Crippen molar-refractivity contribution in [3.8, 4) is 0 Å². The predicted octanol–water partition coefficient (Wildman–Crippen LogP) is 3.19. The number of hydrogen-bond acceptors (Lipinski definition) is 3. The molecule has 3 saturated heterocycles. The van der Waals surface area contributed by atoms with Crippen LogP contribution in [-0.2, 0) is 4.79 Å². The fourth-order valence-corrected chi connectivity index (χ4v) is 5.42. The second-order valence-electron chi connectivity index (χ2n) is 9.14. The molecule has 152 valence electrons. The van der Waals surface area contributed by atoms with Gasteiger partial charge in [0.05, 0.1) is 0 Å². The molecule has 1 spiro atoms. The molecule has 4 fully saturated rings.